The molecule has 0 aliphatic rings. The zero-order valence-electron chi connectivity index (χ0n) is 50.9. The van der Waals surface area contributed by atoms with Crippen molar-refractivity contribution in [3.05, 3.63) is 345 Å². The number of para-hydroxylation sites is 5. The van der Waals surface area contributed by atoms with Crippen molar-refractivity contribution in [2.75, 3.05) is 0 Å². The molecule has 0 spiro atoms. The Balaban J connectivity index is 0.999. The number of terminal acetylenes is 1. The summed E-state index contributed by atoms with van der Waals surface area (Å²) in [6, 6.07) is 120. The molecule has 17 rings (SSSR count). The quantitative estimate of drug-likeness (QED) is 0.108. The number of nitrogens with zero attached hydrogens (tertiary/aromatic N) is 6. The molecule has 8 heteroatoms. The second kappa shape index (κ2) is 22.7. The van der Waals surface area contributed by atoms with Gasteiger partial charge in [0.25, 0.3) is 0 Å². The van der Waals surface area contributed by atoms with Crippen LogP contribution in [0, 0.1) is 19.3 Å². The van der Waals surface area contributed by atoms with E-state index < -0.39 is 20.1 Å². The fourth-order valence-corrected chi connectivity index (χ4v) is 22.1. The zero-order valence-corrected chi connectivity index (χ0v) is 52.5. The van der Waals surface area contributed by atoms with Gasteiger partial charge in [-0.3, -0.25) is 13.5 Å². The number of hydrogen-bond donors (Lipinski definition) is 0. The summed E-state index contributed by atoms with van der Waals surface area (Å²) < 4.78 is 9.27. The number of allylic oxidation sites excluding steroid dienone is 1. The van der Waals surface area contributed by atoms with Crippen LogP contribution in [0.4, 0.5) is 0 Å². The number of aryl methyl sites for hydroxylation is 1. The number of aromatic nitrogens is 6. The minimum absolute atomic E-state index is 0.735. The first kappa shape index (κ1) is 55.5. The Bertz CT molecular complexity index is 5390. The van der Waals surface area contributed by atoms with E-state index in [2.05, 4.69) is 365 Å². The van der Waals surface area contributed by atoms with Crippen LogP contribution in [-0.4, -0.2) is 28.1 Å². The van der Waals surface area contributed by atoms with Gasteiger partial charge >= 0.3 is 0 Å². The third kappa shape index (κ3) is 8.77. The molecule has 0 aliphatic carbocycles. The van der Waals surface area contributed by atoms with Crippen LogP contribution < -0.4 is 0 Å². The largest absolute Gasteiger partial charge is 0.310 e. The molecule has 0 amide bonds. The highest BCUT2D eigenvalue weighted by atomic mass is 32.3. The molecule has 17 aromatic rings. The molecule has 0 unspecified atom stereocenters. The van der Waals surface area contributed by atoms with Gasteiger partial charge in [0, 0.05) is 61.0 Å². The van der Waals surface area contributed by atoms with Crippen LogP contribution in [0.3, 0.4) is 0 Å². The second-order valence-electron chi connectivity index (χ2n) is 23.3. The predicted molar refractivity (Wildman–Crippen MR) is 387 cm³/mol. The normalized spacial score (nSPS) is 12.4. The molecule has 0 fully saturated rings. The molecular weight excluding hydrogens is 1170 g/mol. The summed E-state index contributed by atoms with van der Waals surface area (Å²) in [5, 5.41) is 3.42. The summed E-state index contributed by atoms with van der Waals surface area (Å²) in [4.78, 5) is 21.4. The van der Waals surface area contributed by atoms with Crippen molar-refractivity contribution in [3.8, 4) is 40.8 Å². The number of rotatable bonds is 13. The molecule has 12 aromatic carbocycles. The number of pyridine rings is 1. The van der Waals surface area contributed by atoms with Crippen molar-refractivity contribution in [3.63, 3.8) is 0 Å². The Labute approximate surface area is 542 Å². The Morgan fingerprint density at radius 3 is 1.27 bits per heavy atom. The van der Waals surface area contributed by atoms with Crippen LogP contribution in [0.2, 0.25) is 0 Å². The summed E-state index contributed by atoms with van der Waals surface area (Å²) in [5.41, 5.74) is 12.4. The van der Waals surface area contributed by atoms with E-state index in [1.807, 2.05) is 0 Å². The van der Waals surface area contributed by atoms with Gasteiger partial charge in [0.15, 0.2) is 0 Å². The minimum atomic E-state index is -2.12. The molecule has 6 nitrogen and oxygen atoms in total. The summed E-state index contributed by atoms with van der Waals surface area (Å²) in [6.07, 6.45) is 9.76. The molecular formula is C85H60N6S2. The van der Waals surface area contributed by atoms with E-state index in [1.165, 1.54) is 44.6 Å². The molecule has 442 valence electrons. The Morgan fingerprint density at radius 1 is 0.333 bits per heavy atom. The van der Waals surface area contributed by atoms with Crippen LogP contribution in [0.5, 0.6) is 0 Å². The van der Waals surface area contributed by atoms with Gasteiger partial charge in [-0.1, -0.05) is 170 Å². The van der Waals surface area contributed by atoms with E-state index in [0.717, 1.165) is 94.9 Å². The molecule has 0 radical (unpaired) electrons. The molecule has 93 heavy (non-hydrogen) atoms. The van der Waals surface area contributed by atoms with Gasteiger partial charge in [0.05, 0.1) is 44.3 Å². The van der Waals surface area contributed by atoms with E-state index in [1.54, 1.807) is 6.08 Å². The summed E-state index contributed by atoms with van der Waals surface area (Å²) in [6.45, 7) is 2.18. The fraction of sp³-hybridized carbons (Fsp3) is 0.0118. The van der Waals surface area contributed by atoms with Crippen LogP contribution in [0.15, 0.2) is 373 Å². The third-order valence-corrected chi connectivity index (χ3v) is 26.1. The van der Waals surface area contributed by atoms with Crippen molar-refractivity contribution in [2.45, 2.75) is 46.1 Å². The van der Waals surface area contributed by atoms with Crippen molar-refractivity contribution >= 4 is 86.7 Å². The van der Waals surface area contributed by atoms with E-state index in [9.17, 15) is 0 Å². The highest BCUT2D eigenvalue weighted by Gasteiger charge is 2.36. The Kier molecular flexibility index (Phi) is 13.5. The van der Waals surface area contributed by atoms with Crippen molar-refractivity contribution < 1.29 is 0 Å². The maximum absolute atomic E-state index is 5.97. The van der Waals surface area contributed by atoms with E-state index in [4.69, 9.17) is 16.4 Å². The first-order valence-electron chi connectivity index (χ1n) is 31.3. The molecule has 0 aliphatic heterocycles. The van der Waals surface area contributed by atoms with Gasteiger partial charge in [-0.25, -0.2) is 9.97 Å². The van der Waals surface area contributed by atoms with Crippen LogP contribution in [0.1, 0.15) is 11.3 Å². The smallest absolute Gasteiger partial charge is 0.221 e. The van der Waals surface area contributed by atoms with Gasteiger partial charge in [-0.15, -0.1) is 26.5 Å². The second-order valence-corrected chi connectivity index (χ2v) is 29.6. The first-order chi connectivity index (χ1) is 46.0. The molecule has 0 N–H and O–H groups in total. The van der Waals surface area contributed by atoms with E-state index >= 15 is 0 Å². The van der Waals surface area contributed by atoms with Crippen LogP contribution in [-0.2, 0) is 0 Å². The van der Waals surface area contributed by atoms with Gasteiger partial charge in [0.1, 0.15) is 11.6 Å². The number of fused-ring (bicyclic) bond motifs is 9. The molecule has 5 aromatic heterocycles. The lowest BCUT2D eigenvalue weighted by molar-refractivity contribution is 0.996. The Hall–Kier alpha value is -11.6. The lowest BCUT2D eigenvalue weighted by Crippen LogP contribution is -2.06. The molecule has 5 heterocycles. The molecule has 0 saturated carbocycles. The minimum Gasteiger partial charge on any atom is -0.310 e. The maximum Gasteiger partial charge on any atom is 0.221 e. The van der Waals surface area contributed by atoms with Crippen molar-refractivity contribution in [1.82, 2.24) is 28.1 Å². The highest BCUT2D eigenvalue weighted by molar-refractivity contribution is 8.34. The standard InChI is InChI=1S/C85H60N6S2/c1-3-4-46-76-60(2)72-44-23-25-47-77(72)88(76)63-31-29-30-61(55-63)62-56-83(87-84(57-62)91-82-50-28-27-49-81(82)90-80-48-26-24-45-75(80)86-85(90)91)89-78-53-51-70(92(64-32-11-5-12-33-64,65-34-13-6-14-35-65)66-36-15-7-16-37-66)58-73(78)74-59-71(52-54-79(74)89)93(67-38-17-8-18-39-67,68-40-19-9-20-41-68)69-42-21-10-22-43-69/h1,4-59H,2H3/b46-4-. The predicted octanol–water partition coefficient (Wildman–Crippen LogP) is 22.2. The zero-order chi connectivity index (χ0) is 62.0. The number of hydrogen-bond acceptors (Lipinski definition) is 2. The van der Waals surface area contributed by atoms with Crippen molar-refractivity contribution in [1.29, 1.82) is 0 Å². The molecule has 0 atom stereocenters. The van der Waals surface area contributed by atoms with Gasteiger partial charge in [-0.2, -0.15) is 0 Å². The maximum atomic E-state index is 5.97. The van der Waals surface area contributed by atoms with Crippen LogP contribution in [0.25, 0.3) is 95.1 Å². The summed E-state index contributed by atoms with van der Waals surface area (Å²) in [5.74, 6) is 5.04. The van der Waals surface area contributed by atoms with Crippen molar-refractivity contribution in [2.24, 2.45) is 0 Å². The highest BCUT2D eigenvalue weighted by Crippen LogP contribution is 2.75. The van der Waals surface area contributed by atoms with Crippen LogP contribution >= 0.6 is 20.1 Å². The number of benzene rings is 12. The molecule has 0 bridgehead atoms. The average Bonchev–Trinajstić information content (AvgIpc) is 1.62. The topological polar surface area (TPSA) is 45.0 Å². The average molecular weight is 1230 g/mol. The van der Waals surface area contributed by atoms with Gasteiger partial charge in [0.2, 0.25) is 5.78 Å². The third-order valence-electron chi connectivity index (χ3n) is 18.3. The van der Waals surface area contributed by atoms with Gasteiger partial charge < -0.3 is 4.57 Å². The molecule has 0 saturated heterocycles. The number of imidazole rings is 2. The lowest BCUT2D eigenvalue weighted by Gasteiger charge is -2.42. The summed E-state index contributed by atoms with van der Waals surface area (Å²) in [7, 11) is -4.24. The summed E-state index contributed by atoms with van der Waals surface area (Å²) >= 11 is 0. The lowest BCUT2D eigenvalue weighted by atomic mass is 10.1. The van der Waals surface area contributed by atoms with E-state index in [0.29, 0.717) is 0 Å². The van der Waals surface area contributed by atoms with E-state index in [-0.39, 0.29) is 0 Å². The SMILES string of the molecule is C#C/C=C\c1c(C)c2ccccc2n1-c1cccc(-c2cc(-n3c4ccc(S(c5ccccc5)(c5ccccc5)c5ccccc5)cc4c4cc(S(c5ccccc5)(c5ccccc5)c5ccccc5)ccc43)nc(-n3c4ccccc4n4c5ccccc5nc34)c2)c1. The Morgan fingerprint density at radius 2 is 0.763 bits per heavy atom. The van der Waals surface area contributed by atoms with Gasteiger partial charge in [-0.05, 0) is 200 Å². The monoisotopic (exact) mass is 1230 g/mol. The fourth-order valence-electron chi connectivity index (χ4n) is 14.3. The first-order valence-corrected chi connectivity index (χ1v) is 34.6.